The smallest absolute Gasteiger partial charge is 0.317 e. The van der Waals surface area contributed by atoms with Crippen molar-refractivity contribution < 1.29 is 19.1 Å². The van der Waals surface area contributed by atoms with Crippen LogP contribution in [0.3, 0.4) is 0 Å². The molecule has 2 aliphatic rings. The summed E-state index contributed by atoms with van der Waals surface area (Å²) >= 11 is 0. The van der Waals surface area contributed by atoms with Crippen molar-refractivity contribution in [1.29, 1.82) is 0 Å². The number of nitrogens with one attached hydrogen (secondary N) is 1. The molecule has 3 rings (SSSR count). The molecule has 1 fully saturated rings. The first-order chi connectivity index (χ1) is 11.5. The van der Waals surface area contributed by atoms with Gasteiger partial charge in [0.25, 0.3) is 0 Å². The fraction of sp³-hybridized carbons (Fsp3) is 0.529. The maximum absolute atomic E-state index is 12.4. The van der Waals surface area contributed by atoms with E-state index in [2.05, 4.69) is 5.32 Å². The number of hydrogen-bond donors (Lipinski definition) is 1. The van der Waals surface area contributed by atoms with Crippen LogP contribution in [0.25, 0.3) is 0 Å². The Balaban J connectivity index is 1.57. The Bertz CT molecular complexity index is 626. The molecule has 0 radical (unpaired) electrons. The highest BCUT2D eigenvalue weighted by Crippen LogP contribution is 2.32. The van der Waals surface area contributed by atoms with Crippen LogP contribution >= 0.6 is 0 Å². The number of ether oxygens (including phenoxy) is 2. The first-order valence-electron chi connectivity index (χ1n) is 8.25. The van der Waals surface area contributed by atoms with Crippen LogP contribution in [-0.4, -0.2) is 61.1 Å². The van der Waals surface area contributed by atoms with Gasteiger partial charge < -0.3 is 24.6 Å². The van der Waals surface area contributed by atoms with Gasteiger partial charge in [-0.05, 0) is 24.6 Å². The molecule has 0 aromatic heterocycles. The van der Waals surface area contributed by atoms with Gasteiger partial charge in [0.2, 0.25) is 5.91 Å². The highest BCUT2D eigenvalue weighted by molar-refractivity contribution is 5.76. The number of benzene rings is 1. The van der Waals surface area contributed by atoms with Crippen molar-refractivity contribution in [3.8, 4) is 11.5 Å². The lowest BCUT2D eigenvalue weighted by molar-refractivity contribution is -0.130. The summed E-state index contributed by atoms with van der Waals surface area (Å²) in [7, 11) is 0. The van der Waals surface area contributed by atoms with E-state index >= 15 is 0 Å². The van der Waals surface area contributed by atoms with Crippen LogP contribution in [0.5, 0.6) is 11.5 Å². The molecule has 0 spiro atoms. The third-order valence-corrected chi connectivity index (χ3v) is 4.42. The Morgan fingerprint density at radius 2 is 1.67 bits per heavy atom. The third-order valence-electron chi connectivity index (χ3n) is 4.42. The van der Waals surface area contributed by atoms with Crippen LogP contribution in [0, 0.1) is 0 Å². The number of carbonyl (C=O) groups is 2. The number of nitrogens with zero attached hydrogens (tertiary/aromatic N) is 2. The lowest BCUT2D eigenvalue weighted by Crippen LogP contribution is -2.53. The lowest BCUT2D eigenvalue weighted by Gasteiger charge is -2.34. The maximum Gasteiger partial charge on any atom is 0.317 e. The van der Waals surface area contributed by atoms with E-state index in [1.165, 1.54) is 0 Å². The molecule has 130 valence electrons. The van der Waals surface area contributed by atoms with E-state index in [1.54, 1.807) is 16.7 Å². The predicted octanol–water partition coefficient (Wildman–Crippen LogP) is 1.39. The summed E-state index contributed by atoms with van der Waals surface area (Å²) in [5.41, 5.74) is 0.968. The molecule has 2 heterocycles. The average molecular weight is 333 g/mol. The Morgan fingerprint density at radius 1 is 1.04 bits per heavy atom. The Hall–Kier alpha value is -2.44. The predicted molar refractivity (Wildman–Crippen MR) is 88.2 cm³/mol. The van der Waals surface area contributed by atoms with E-state index in [9.17, 15) is 9.59 Å². The van der Waals surface area contributed by atoms with Gasteiger partial charge in [0, 0.05) is 33.1 Å². The van der Waals surface area contributed by atoms with Crippen molar-refractivity contribution in [3.63, 3.8) is 0 Å². The van der Waals surface area contributed by atoms with E-state index in [0.717, 1.165) is 17.1 Å². The molecule has 1 unspecified atom stereocenters. The van der Waals surface area contributed by atoms with Gasteiger partial charge in [-0.1, -0.05) is 6.07 Å². The molecule has 1 N–H and O–H groups in total. The fourth-order valence-corrected chi connectivity index (χ4v) is 2.91. The molecule has 2 aliphatic heterocycles. The van der Waals surface area contributed by atoms with Crippen molar-refractivity contribution in [1.82, 2.24) is 15.1 Å². The van der Waals surface area contributed by atoms with Gasteiger partial charge in [-0.3, -0.25) is 4.79 Å². The number of fused-ring (bicyclic) bond motifs is 1. The summed E-state index contributed by atoms with van der Waals surface area (Å²) in [6, 6.07) is 5.47. The zero-order valence-electron chi connectivity index (χ0n) is 14.1. The molecule has 0 bridgehead atoms. The maximum atomic E-state index is 12.4. The second-order valence-electron chi connectivity index (χ2n) is 6.07. The monoisotopic (exact) mass is 333 g/mol. The second kappa shape index (κ2) is 6.98. The standard InChI is InChI=1S/C17H23N3O4/c1-12(14-3-4-15-16(11-14)24-10-9-23-15)18-17(22)20-7-5-19(6-8-20)13(2)21/h3-4,11-12H,5-10H2,1-2H3,(H,18,22). The average Bonchev–Trinajstić information content (AvgIpc) is 2.61. The van der Waals surface area contributed by atoms with E-state index < -0.39 is 0 Å². The summed E-state index contributed by atoms with van der Waals surface area (Å²) in [6.07, 6.45) is 0. The van der Waals surface area contributed by atoms with Crippen molar-refractivity contribution >= 4 is 11.9 Å². The zero-order valence-corrected chi connectivity index (χ0v) is 14.1. The zero-order chi connectivity index (χ0) is 17.1. The lowest BCUT2D eigenvalue weighted by atomic mass is 10.1. The summed E-state index contributed by atoms with van der Waals surface area (Å²) in [6.45, 7) is 6.87. The normalized spacial score (nSPS) is 18.1. The van der Waals surface area contributed by atoms with Gasteiger partial charge in [-0.15, -0.1) is 0 Å². The van der Waals surface area contributed by atoms with Gasteiger partial charge in [0.15, 0.2) is 11.5 Å². The first kappa shape index (κ1) is 16.4. The molecule has 7 heteroatoms. The minimum atomic E-state index is -0.140. The molecular formula is C17H23N3O4. The number of amides is 3. The molecular weight excluding hydrogens is 310 g/mol. The molecule has 3 amide bonds. The van der Waals surface area contributed by atoms with Crippen molar-refractivity contribution in [2.24, 2.45) is 0 Å². The van der Waals surface area contributed by atoms with Crippen LogP contribution in [0.4, 0.5) is 4.79 Å². The van der Waals surface area contributed by atoms with Gasteiger partial charge in [-0.2, -0.15) is 0 Å². The quantitative estimate of drug-likeness (QED) is 0.888. The minimum Gasteiger partial charge on any atom is -0.486 e. The molecule has 1 atom stereocenters. The molecule has 0 aliphatic carbocycles. The fourth-order valence-electron chi connectivity index (χ4n) is 2.91. The Labute approximate surface area is 141 Å². The van der Waals surface area contributed by atoms with E-state index in [-0.39, 0.29) is 18.0 Å². The number of rotatable bonds is 2. The van der Waals surface area contributed by atoms with Crippen LogP contribution in [0.1, 0.15) is 25.5 Å². The summed E-state index contributed by atoms with van der Waals surface area (Å²) in [4.78, 5) is 27.2. The Kier molecular flexibility index (Phi) is 4.78. The second-order valence-corrected chi connectivity index (χ2v) is 6.07. The SMILES string of the molecule is CC(=O)N1CCN(C(=O)NC(C)c2ccc3c(c2)OCCO3)CC1. The van der Waals surface area contributed by atoms with Crippen LogP contribution in [0.2, 0.25) is 0 Å². The van der Waals surface area contributed by atoms with Crippen molar-refractivity contribution in [2.75, 3.05) is 39.4 Å². The molecule has 0 saturated carbocycles. The third kappa shape index (κ3) is 3.55. The number of urea groups is 1. The van der Waals surface area contributed by atoms with Crippen LogP contribution < -0.4 is 14.8 Å². The van der Waals surface area contributed by atoms with Gasteiger partial charge in [0.1, 0.15) is 13.2 Å². The molecule has 1 aromatic rings. The van der Waals surface area contributed by atoms with Gasteiger partial charge in [-0.25, -0.2) is 4.79 Å². The Morgan fingerprint density at radius 3 is 2.33 bits per heavy atom. The van der Waals surface area contributed by atoms with Gasteiger partial charge in [0.05, 0.1) is 6.04 Å². The van der Waals surface area contributed by atoms with Crippen LogP contribution in [0.15, 0.2) is 18.2 Å². The highest BCUT2D eigenvalue weighted by Gasteiger charge is 2.24. The summed E-state index contributed by atoms with van der Waals surface area (Å²) < 4.78 is 11.1. The summed E-state index contributed by atoms with van der Waals surface area (Å²) in [5.74, 6) is 1.51. The largest absolute Gasteiger partial charge is 0.486 e. The van der Waals surface area contributed by atoms with Gasteiger partial charge >= 0.3 is 6.03 Å². The minimum absolute atomic E-state index is 0.0553. The number of carbonyl (C=O) groups excluding carboxylic acids is 2. The van der Waals surface area contributed by atoms with E-state index in [0.29, 0.717) is 39.4 Å². The highest BCUT2D eigenvalue weighted by atomic mass is 16.6. The topological polar surface area (TPSA) is 71.1 Å². The molecule has 1 aromatic carbocycles. The summed E-state index contributed by atoms with van der Waals surface area (Å²) in [5, 5.41) is 3.00. The van der Waals surface area contributed by atoms with Crippen LogP contribution in [-0.2, 0) is 4.79 Å². The number of hydrogen-bond acceptors (Lipinski definition) is 4. The van der Waals surface area contributed by atoms with Crippen molar-refractivity contribution in [3.05, 3.63) is 23.8 Å². The van der Waals surface area contributed by atoms with Crippen molar-refractivity contribution in [2.45, 2.75) is 19.9 Å². The molecule has 7 nitrogen and oxygen atoms in total. The molecule has 1 saturated heterocycles. The number of piperazine rings is 1. The van der Waals surface area contributed by atoms with E-state index in [1.807, 2.05) is 25.1 Å². The van der Waals surface area contributed by atoms with E-state index in [4.69, 9.17) is 9.47 Å². The first-order valence-corrected chi connectivity index (χ1v) is 8.25. The molecule has 24 heavy (non-hydrogen) atoms.